The third kappa shape index (κ3) is 6.52. The molecule has 4 nitrogen and oxygen atoms in total. The molecule has 0 fully saturated rings. The molecule has 0 aliphatic rings. The fraction of sp³-hybridized carbons (Fsp3) is 0. The van der Waals surface area contributed by atoms with E-state index in [2.05, 4.69) is 60.7 Å². The molecule has 0 saturated carbocycles. The van der Waals surface area contributed by atoms with Crippen molar-refractivity contribution < 1.29 is 36.7 Å². The van der Waals surface area contributed by atoms with Crippen LogP contribution in [-0.4, -0.2) is 15.5 Å². The van der Waals surface area contributed by atoms with Gasteiger partial charge in [0.1, 0.15) is 4.91 Å². The van der Waals surface area contributed by atoms with Gasteiger partial charge in [0.25, 0.3) is 0 Å². The molecule has 0 atom stereocenters. The predicted molar refractivity (Wildman–Crippen MR) is 57.5 cm³/mol. The molecule has 5 heteroatoms. The first-order valence-corrected chi connectivity index (χ1v) is 6.94. The van der Waals surface area contributed by atoms with Crippen molar-refractivity contribution in [2.45, 2.75) is 0 Å². The molecule has 0 unspecified atom stereocenters. The van der Waals surface area contributed by atoms with E-state index in [1.54, 1.807) is 0 Å². The molecular formula is C12H12INO3. The Kier molecular flexibility index (Phi) is 6.02. The Bertz CT molecular complexity index is 406. The standard InChI is InChI=1S/C12H10I.H2NO3/c1-3-7-11(8-4-1)13-12-9-5-2-6-10-12;2-1(3)4/h1-10H;(H2,2,3,4)/q-1;+1. The van der Waals surface area contributed by atoms with Gasteiger partial charge in [0, 0.05) is 0 Å². The Morgan fingerprint density at radius 1 is 0.765 bits per heavy atom. The van der Waals surface area contributed by atoms with Crippen LogP contribution in [0.15, 0.2) is 60.7 Å². The summed E-state index contributed by atoms with van der Waals surface area (Å²) in [5.41, 5.74) is 0. The molecule has 17 heavy (non-hydrogen) atoms. The van der Waals surface area contributed by atoms with Crippen LogP contribution in [0.1, 0.15) is 0 Å². The predicted octanol–water partition coefficient (Wildman–Crippen LogP) is -0.641. The van der Waals surface area contributed by atoms with E-state index >= 15 is 0 Å². The molecule has 0 spiro atoms. The molecule has 0 heterocycles. The van der Waals surface area contributed by atoms with Crippen molar-refractivity contribution in [3.63, 3.8) is 0 Å². The average molecular weight is 345 g/mol. The van der Waals surface area contributed by atoms with Gasteiger partial charge in [0.15, 0.2) is 0 Å². The molecule has 90 valence electrons. The molecule has 0 bridgehead atoms. The van der Waals surface area contributed by atoms with Gasteiger partial charge in [-0.1, -0.05) is 0 Å². The molecule has 0 aliphatic heterocycles. The topological polar surface area (TPSA) is 60.5 Å². The van der Waals surface area contributed by atoms with Gasteiger partial charge in [0.2, 0.25) is 0 Å². The monoisotopic (exact) mass is 345 g/mol. The summed E-state index contributed by atoms with van der Waals surface area (Å²) in [7, 11) is 0. The summed E-state index contributed by atoms with van der Waals surface area (Å²) in [5, 5.41) is 12.5. The molecule has 2 N–H and O–H groups in total. The van der Waals surface area contributed by atoms with Crippen LogP contribution in [0.25, 0.3) is 0 Å². The van der Waals surface area contributed by atoms with E-state index in [1.165, 1.54) is 7.14 Å². The number of nitrogens with zero attached hydrogens (tertiary/aromatic N) is 1. The van der Waals surface area contributed by atoms with Crippen LogP contribution in [0, 0.1) is 12.0 Å². The zero-order valence-electron chi connectivity index (χ0n) is 8.90. The van der Waals surface area contributed by atoms with E-state index in [1.807, 2.05) is 0 Å². The molecule has 2 rings (SSSR count). The van der Waals surface area contributed by atoms with Gasteiger partial charge in [-0.25, -0.2) is 10.4 Å². The second-order valence-corrected chi connectivity index (χ2v) is 5.97. The minimum absolute atomic E-state index is 0.0287. The van der Waals surface area contributed by atoms with E-state index in [0.29, 0.717) is 0 Å². The molecule has 0 radical (unpaired) electrons. The van der Waals surface area contributed by atoms with Gasteiger partial charge in [-0.3, -0.25) is 0 Å². The number of hydrogen-bond acceptors (Lipinski definition) is 1. The first-order valence-electron chi connectivity index (χ1n) is 4.78. The minimum atomic E-state index is -1.25. The van der Waals surface area contributed by atoms with E-state index < -0.39 is 5.09 Å². The van der Waals surface area contributed by atoms with Crippen molar-refractivity contribution in [1.29, 1.82) is 0 Å². The van der Waals surface area contributed by atoms with E-state index in [0.717, 1.165) is 0 Å². The number of hydrogen-bond donors (Lipinski definition) is 2. The van der Waals surface area contributed by atoms with Crippen molar-refractivity contribution in [2.75, 3.05) is 0 Å². The van der Waals surface area contributed by atoms with E-state index in [9.17, 15) is 0 Å². The van der Waals surface area contributed by atoms with Gasteiger partial charge in [-0.2, -0.15) is 0 Å². The third-order valence-corrected chi connectivity index (χ3v) is 4.37. The van der Waals surface area contributed by atoms with Gasteiger partial charge in [0.05, 0.1) is 0 Å². The summed E-state index contributed by atoms with van der Waals surface area (Å²) >= 11 is 0.0287. The van der Waals surface area contributed by atoms with Crippen molar-refractivity contribution in [2.24, 2.45) is 0 Å². The number of benzene rings is 2. The maximum absolute atomic E-state index is 8.47. The fourth-order valence-corrected chi connectivity index (χ4v) is 3.35. The van der Waals surface area contributed by atoms with Crippen molar-refractivity contribution in [3.05, 3.63) is 72.7 Å². The van der Waals surface area contributed by atoms with Crippen LogP contribution >= 0.6 is 0 Å². The maximum atomic E-state index is 8.47. The first kappa shape index (κ1) is 13.4. The van der Waals surface area contributed by atoms with Crippen LogP contribution in [0.4, 0.5) is 0 Å². The molecule has 0 amide bonds. The summed E-state index contributed by atoms with van der Waals surface area (Å²) in [4.78, 5) is 8.47. The van der Waals surface area contributed by atoms with Crippen molar-refractivity contribution in [1.82, 2.24) is 0 Å². The molecule has 2 aromatic rings. The Labute approximate surface area is 109 Å². The van der Waals surface area contributed by atoms with Crippen molar-refractivity contribution in [3.8, 4) is 0 Å². The average Bonchev–Trinajstić information content (AvgIpc) is 2.31. The van der Waals surface area contributed by atoms with Crippen LogP contribution in [-0.2, 0) is 0 Å². The van der Waals surface area contributed by atoms with Crippen LogP contribution in [0.2, 0.25) is 0 Å². The summed E-state index contributed by atoms with van der Waals surface area (Å²) in [6, 6.07) is 21.4. The Morgan fingerprint density at radius 3 is 1.35 bits per heavy atom. The van der Waals surface area contributed by atoms with Crippen LogP contribution in [0.5, 0.6) is 0 Å². The molecule has 0 aliphatic carbocycles. The fourth-order valence-electron chi connectivity index (χ4n) is 1.08. The first-order chi connectivity index (χ1) is 8.18. The second kappa shape index (κ2) is 7.61. The number of rotatable bonds is 2. The number of halogens is 1. The molecular weight excluding hydrogens is 333 g/mol. The molecule has 0 saturated heterocycles. The van der Waals surface area contributed by atoms with Gasteiger partial charge >= 0.3 is 94.1 Å². The van der Waals surface area contributed by atoms with Gasteiger partial charge in [-0.15, -0.1) is 0 Å². The molecule has 2 aromatic carbocycles. The Morgan fingerprint density at radius 2 is 1.06 bits per heavy atom. The Balaban J connectivity index is 0.000000317. The van der Waals surface area contributed by atoms with E-state index in [4.69, 9.17) is 15.3 Å². The summed E-state index contributed by atoms with van der Waals surface area (Å²) in [5.74, 6) is 0. The Hall–Kier alpha value is -1.63. The second-order valence-electron chi connectivity index (χ2n) is 2.94. The summed E-state index contributed by atoms with van der Waals surface area (Å²) in [6.07, 6.45) is 0. The third-order valence-electron chi connectivity index (χ3n) is 1.68. The zero-order valence-corrected chi connectivity index (χ0v) is 11.1. The van der Waals surface area contributed by atoms with Crippen LogP contribution in [0.3, 0.4) is 0 Å². The normalized spacial score (nSPS) is 9.18. The van der Waals surface area contributed by atoms with Crippen molar-refractivity contribution >= 4 is 0 Å². The van der Waals surface area contributed by atoms with Gasteiger partial charge < -0.3 is 0 Å². The molecule has 0 aromatic heterocycles. The van der Waals surface area contributed by atoms with Crippen LogP contribution < -0.4 is 21.2 Å². The summed E-state index contributed by atoms with van der Waals surface area (Å²) in [6.45, 7) is 0. The van der Waals surface area contributed by atoms with E-state index in [-0.39, 0.29) is 21.2 Å². The quantitative estimate of drug-likeness (QED) is 0.562. The zero-order chi connectivity index (χ0) is 12.5. The SMILES string of the molecule is O=[N+](O)O.c1ccc([I-]c2ccccc2)cc1. The van der Waals surface area contributed by atoms with Gasteiger partial charge in [-0.05, 0) is 0 Å². The summed E-state index contributed by atoms with van der Waals surface area (Å²) < 4.78 is 2.96.